The predicted molar refractivity (Wildman–Crippen MR) is 121 cm³/mol. The van der Waals surface area contributed by atoms with E-state index in [1.165, 1.54) is 11.8 Å². The number of fused-ring (bicyclic) bond motifs is 2. The molecule has 1 amide bonds. The molecule has 0 spiro atoms. The minimum Gasteiger partial charge on any atom is -0.368 e. The fourth-order valence-corrected chi connectivity index (χ4v) is 8.21. The highest BCUT2D eigenvalue weighted by atomic mass is 32.2. The van der Waals surface area contributed by atoms with Gasteiger partial charge in [-0.2, -0.15) is 11.8 Å². The van der Waals surface area contributed by atoms with Crippen LogP contribution in [0.4, 0.5) is 5.69 Å². The largest absolute Gasteiger partial charge is 0.502 e. The van der Waals surface area contributed by atoms with Crippen LogP contribution in [0.3, 0.4) is 0 Å². The van der Waals surface area contributed by atoms with Crippen molar-refractivity contribution < 1.29 is 23.0 Å². The van der Waals surface area contributed by atoms with E-state index in [1.54, 1.807) is 6.07 Å². The summed E-state index contributed by atoms with van der Waals surface area (Å²) < 4.78 is 17.8. The zero-order valence-electron chi connectivity index (χ0n) is 18.4. The molecule has 9 nitrogen and oxygen atoms in total. The number of nitrogens with zero attached hydrogens (tertiary/aromatic N) is 1. The molecule has 2 heterocycles. The molecule has 11 heteroatoms. The average Bonchev–Trinajstić information content (AvgIpc) is 3.20. The summed E-state index contributed by atoms with van der Waals surface area (Å²) in [6, 6.07) is 3.41. The molecule has 0 radical (unpaired) electrons. The van der Waals surface area contributed by atoms with E-state index in [-0.39, 0.29) is 34.8 Å². The highest BCUT2D eigenvalue weighted by molar-refractivity contribution is 7.98. The molecule has 0 aliphatic carbocycles. The van der Waals surface area contributed by atoms with Gasteiger partial charge in [-0.1, -0.05) is 0 Å². The lowest BCUT2D eigenvalue weighted by molar-refractivity contribution is -0.385. The van der Waals surface area contributed by atoms with Crippen molar-refractivity contribution in [3.05, 3.63) is 38.9 Å². The van der Waals surface area contributed by atoms with Gasteiger partial charge in [0.1, 0.15) is 0 Å². The second-order valence-corrected chi connectivity index (χ2v) is 11.9. The summed E-state index contributed by atoms with van der Waals surface area (Å²) in [5.41, 5.74) is 8.64. The summed E-state index contributed by atoms with van der Waals surface area (Å²) in [5, 5.41) is 14.1. The van der Waals surface area contributed by atoms with Gasteiger partial charge in [-0.05, 0) is 51.3 Å². The second-order valence-electron chi connectivity index (χ2n) is 8.25. The smallest absolute Gasteiger partial charge is 0.368 e. The van der Waals surface area contributed by atoms with Crippen molar-refractivity contribution in [2.45, 2.75) is 70.3 Å². The highest BCUT2D eigenvalue weighted by Crippen LogP contribution is 2.40. The Balaban J connectivity index is 1.39. The topological polar surface area (TPSA) is 126 Å². The van der Waals surface area contributed by atoms with Crippen molar-refractivity contribution >= 4 is 32.2 Å². The van der Waals surface area contributed by atoms with Gasteiger partial charge in [0, 0.05) is 35.7 Å². The number of nitrogens with two attached hydrogens (primary N) is 1. The van der Waals surface area contributed by atoms with Crippen LogP contribution in [0, 0.1) is 24.0 Å². The molecule has 3 atom stereocenters. The zero-order chi connectivity index (χ0) is 22.8. The van der Waals surface area contributed by atoms with Gasteiger partial charge in [0.2, 0.25) is 5.91 Å². The summed E-state index contributed by atoms with van der Waals surface area (Å²) in [6.07, 6.45) is 0.825. The van der Waals surface area contributed by atoms with Gasteiger partial charge in [-0.25, -0.2) is 0 Å². The average molecular weight is 470 g/mol. The Labute approximate surface area is 187 Å². The van der Waals surface area contributed by atoms with Crippen LogP contribution in [0.5, 0.6) is 0 Å². The molecule has 2 saturated heterocycles. The maximum absolute atomic E-state index is 12.3. The number of rotatable bonds is 10. The Morgan fingerprint density at radius 3 is 2.52 bits per heavy atom. The van der Waals surface area contributed by atoms with Crippen LogP contribution < -0.4 is 11.1 Å². The van der Waals surface area contributed by atoms with Crippen LogP contribution >= 0.6 is 11.8 Å². The van der Waals surface area contributed by atoms with E-state index in [9.17, 15) is 14.9 Å². The lowest BCUT2D eigenvalue weighted by atomic mass is 10.1. The minimum absolute atomic E-state index is 0.0137. The number of amides is 1. The number of hydrogen-bond donors (Lipinski definition) is 2. The molecule has 0 saturated carbocycles. The van der Waals surface area contributed by atoms with Gasteiger partial charge >= 0.3 is 8.80 Å². The predicted octanol–water partition coefficient (Wildman–Crippen LogP) is 2.44. The van der Waals surface area contributed by atoms with Gasteiger partial charge in [-0.15, -0.1) is 0 Å². The van der Waals surface area contributed by atoms with Crippen molar-refractivity contribution in [1.29, 1.82) is 0 Å². The minimum atomic E-state index is -2.58. The van der Waals surface area contributed by atoms with E-state index >= 15 is 0 Å². The molecule has 2 aliphatic heterocycles. The third kappa shape index (κ3) is 5.65. The van der Waals surface area contributed by atoms with E-state index in [1.807, 2.05) is 33.8 Å². The second kappa shape index (κ2) is 9.97. The van der Waals surface area contributed by atoms with Crippen molar-refractivity contribution in [3.63, 3.8) is 0 Å². The SMILES string of the molecule is Cc1cc(CSC[C@@H](N)C(=O)NCCC[Si]23OC(C)C(O2)C(C)O3)c([N+](=O)[O-])cc1C. The molecular weight excluding hydrogens is 438 g/mol. The zero-order valence-corrected chi connectivity index (χ0v) is 20.2. The standard InChI is InChI=1S/C20H31N3O6SSi/c1-12-8-16(18(23(25)26)9-13(12)2)10-30-11-17(21)20(24)22-6-5-7-31-27-14(3)19(29-31)15(4)28-31/h8-9,14-15,17,19H,5-7,10-11,21H2,1-4H3,(H,22,24)/t14?,15?,17-,19?,31?/m1/s1. The third-order valence-corrected chi connectivity index (χ3v) is 9.88. The number of carbonyl (C=O) groups is 1. The Morgan fingerprint density at radius 2 is 1.90 bits per heavy atom. The molecule has 31 heavy (non-hydrogen) atoms. The summed E-state index contributed by atoms with van der Waals surface area (Å²) in [6.45, 7) is 8.25. The molecule has 3 rings (SSSR count). The summed E-state index contributed by atoms with van der Waals surface area (Å²) in [4.78, 5) is 23.2. The molecule has 2 unspecified atom stereocenters. The normalized spacial score (nSPS) is 28.0. The molecule has 2 aliphatic rings. The van der Waals surface area contributed by atoms with Crippen LogP contribution in [0.1, 0.15) is 37.0 Å². The number of aryl methyl sites for hydroxylation is 2. The number of nitrogens with one attached hydrogen (secondary N) is 1. The van der Waals surface area contributed by atoms with Crippen LogP contribution in [0.25, 0.3) is 0 Å². The van der Waals surface area contributed by atoms with Gasteiger partial charge in [-0.3, -0.25) is 14.9 Å². The number of hydrogen-bond acceptors (Lipinski definition) is 8. The Kier molecular flexibility index (Phi) is 7.76. The maximum Gasteiger partial charge on any atom is 0.502 e. The number of carbonyl (C=O) groups excluding carboxylic acids is 1. The van der Waals surface area contributed by atoms with E-state index in [0.29, 0.717) is 36.1 Å². The van der Waals surface area contributed by atoms with Crippen molar-refractivity contribution in [1.82, 2.24) is 5.32 Å². The first-order valence-electron chi connectivity index (χ1n) is 10.5. The van der Waals surface area contributed by atoms with Gasteiger partial charge < -0.3 is 24.3 Å². The molecule has 172 valence electrons. The molecule has 3 N–H and O–H groups in total. The first-order valence-corrected chi connectivity index (χ1v) is 13.6. The quantitative estimate of drug-likeness (QED) is 0.232. The third-order valence-electron chi connectivity index (χ3n) is 5.71. The molecule has 2 fully saturated rings. The van der Waals surface area contributed by atoms with Crippen molar-refractivity contribution in [3.8, 4) is 0 Å². The van der Waals surface area contributed by atoms with Crippen LogP contribution in [-0.4, -0.2) is 56.3 Å². The molecular formula is C20H31N3O6SSi. The van der Waals surface area contributed by atoms with E-state index < -0.39 is 14.8 Å². The molecule has 2 bridgehead atoms. The first kappa shape index (κ1) is 24.1. The van der Waals surface area contributed by atoms with E-state index in [0.717, 1.165) is 11.1 Å². The lowest BCUT2D eigenvalue weighted by Crippen LogP contribution is -2.45. The van der Waals surface area contributed by atoms with Gasteiger partial charge in [0.25, 0.3) is 5.69 Å². The summed E-state index contributed by atoms with van der Waals surface area (Å²) >= 11 is 1.41. The fraction of sp³-hybridized carbons (Fsp3) is 0.650. The van der Waals surface area contributed by atoms with Gasteiger partial charge in [0.15, 0.2) is 0 Å². The lowest BCUT2D eigenvalue weighted by Gasteiger charge is -2.26. The van der Waals surface area contributed by atoms with Gasteiger partial charge in [0.05, 0.1) is 29.3 Å². The number of benzene rings is 1. The first-order chi connectivity index (χ1) is 14.6. The Hall–Kier alpha value is -1.50. The van der Waals surface area contributed by atoms with Crippen molar-refractivity contribution in [2.75, 3.05) is 12.3 Å². The van der Waals surface area contributed by atoms with E-state index in [2.05, 4.69) is 5.32 Å². The molecule has 0 aromatic heterocycles. The maximum atomic E-state index is 12.3. The highest BCUT2D eigenvalue weighted by Gasteiger charge is 2.60. The number of nitro groups is 1. The Morgan fingerprint density at radius 1 is 1.26 bits per heavy atom. The van der Waals surface area contributed by atoms with Crippen LogP contribution in [0.15, 0.2) is 12.1 Å². The number of nitro benzene ring substituents is 1. The Bertz CT molecular complexity index is 829. The molecule has 1 aromatic rings. The fourth-order valence-electron chi connectivity index (χ4n) is 3.91. The van der Waals surface area contributed by atoms with Crippen LogP contribution in [0.2, 0.25) is 6.04 Å². The summed E-state index contributed by atoms with van der Waals surface area (Å²) in [5.74, 6) is 0.568. The molecule has 1 aromatic carbocycles. The summed E-state index contributed by atoms with van der Waals surface area (Å²) in [7, 11) is -2.58. The van der Waals surface area contributed by atoms with Crippen molar-refractivity contribution in [2.24, 2.45) is 5.73 Å². The monoisotopic (exact) mass is 469 g/mol. The number of thioether (sulfide) groups is 1. The van der Waals surface area contributed by atoms with Crippen LogP contribution in [-0.2, 0) is 23.8 Å². The van der Waals surface area contributed by atoms with E-state index in [4.69, 9.17) is 19.0 Å².